The second-order valence-corrected chi connectivity index (χ2v) is 5.37. The van der Waals surface area contributed by atoms with E-state index in [0.717, 1.165) is 25.9 Å². The van der Waals surface area contributed by atoms with Crippen molar-refractivity contribution in [1.29, 1.82) is 0 Å². The van der Waals surface area contributed by atoms with E-state index in [1.54, 1.807) is 12.1 Å². The number of hydrogen-bond donors (Lipinski definition) is 2. The first-order valence-corrected chi connectivity index (χ1v) is 8.00. The molecule has 1 rings (SSSR count). The third-order valence-corrected chi connectivity index (χ3v) is 3.37. The highest BCUT2D eigenvalue weighted by Crippen LogP contribution is 2.17. The zero-order chi connectivity index (χ0) is 16.4. The van der Waals surface area contributed by atoms with Gasteiger partial charge in [0.2, 0.25) is 11.8 Å². The Bertz CT molecular complexity index is 488. The molecule has 130 valence electrons. The van der Waals surface area contributed by atoms with Gasteiger partial charge in [0.1, 0.15) is 0 Å². The molecule has 0 aliphatic heterocycles. The summed E-state index contributed by atoms with van der Waals surface area (Å²) >= 11 is 0. The Morgan fingerprint density at radius 3 is 2.26 bits per heavy atom. The normalized spacial score (nSPS) is 9.83. The lowest BCUT2D eigenvalue weighted by molar-refractivity contribution is -0.131. The summed E-state index contributed by atoms with van der Waals surface area (Å²) in [6.07, 6.45) is 3.21. The molecule has 0 fully saturated rings. The number of rotatable bonds is 9. The molecule has 0 aromatic heterocycles. The number of benzene rings is 1. The van der Waals surface area contributed by atoms with Gasteiger partial charge in [-0.05, 0) is 31.4 Å². The number of nitrogens with zero attached hydrogens (tertiary/aromatic N) is 1. The molecule has 0 radical (unpaired) electrons. The molecule has 3 N–H and O–H groups in total. The Morgan fingerprint density at radius 1 is 1.09 bits per heavy atom. The average Bonchev–Trinajstić information content (AvgIpc) is 2.49. The van der Waals surface area contributed by atoms with Gasteiger partial charge in [-0.3, -0.25) is 9.59 Å². The summed E-state index contributed by atoms with van der Waals surface area (Å²) in [6, 6.07) is 7.15. The smallest absolute Gasteiger partial charge is 0.224 e. The topological polar surface area (TPSA) is 75.4 Å². The van der Waals surface area contributed by atoms with Gasteiger partial charge in [0.15, 0.2) is 0 Å². The lowest BCUT2D eigenvalue weighted by Gasteiger charge is -2.21. The lowest BCUT2D eigenvalue weighted by Crippen LogP contribution is -2.32. The highest BCUT2D eigenvalue weighted by Gasteiger charge is 2.12. The number of halogens is 1. The van der Waals surface area contributed by atoms with Gasteiger partial charge in [0, 0.05) is 25.9 Å². The number of para-hydroxylation sites is 2. The molecule has 5 nitrogen and oxygen atoms in total. The summed E-state index contributed by atoms with van der Waals surface area (Å²) in [6.45, 7) is 5.71. The summed E-state index contributed by atoms with van der Waals surface area (Å²) in [7, 11) is 0. The molecule has 2 amide bonds. The maximum atomic E-state index is 12.1. The molecule has 23 heavy (non-hydrogen) atoms. The first kappa shape index (κ1) is 21.2. The van der Waals surface area contributed by atoms with Crippen LogP contribution in [0.1, 0.15) is 46.0 Å². The van der Waals surface area contributed by atoms with Gasteiger partial charge in [-0.15, -0.1) is 12.4 Å². The van der Waals surface area contributed by atoms with Gasteiger partial charge in [0.25, 0.3) is 0 Å². The fourth-order valence-electron chi connectivity index (χ4n) is 2.28. The van der Waals surface area contributed by atoms with Crippen LogP contribution in [0.15, 0.2) is 24.3 Å². The maximum absolute atomic E-state index is 12.1. The molecule has 0 aliphatic rings. The summed E-state index contributed by atoms with van der Waals surface area (Å²) in [5.41, 5.74) is 6.94. The van der Waals surface area contributed by atoms with Crippen molar-refractivity contribution in [2.45, 2.75) is 46.0 Å². The van der Waals surface area contributed by atoms with Gasteiger partial charge in [-0.25, -0.2) is 0 Å². The Labute approximate surface area is 145 Å². The summed E-state index contributed by atoms with van der Waals surface area (Å²) in [5.74, 6) is 0.0268. The van der Waals surface area contributed by atoms with Crippen molar-refractivity contribution >= 4 is 35.6 Å². The molecule has 0 unspecified atom stereocenters. The largest absolute Gasteiger partial charge is 0.397 e. The van der Waals surface area contributed by atoms with E-state index in [4.69, 9.17) is 5.73 Å². The number of nitrogens with one attached hydrogen (secondary N) is 1. The van der Waals surface area contributed by atoms with Crippen LogP contribution in [0.25, 0.3) is 0 Å². The monoisotopic (exact) mass is 341 g/mol. The minimum absolute atomic E-state index is 0. The second-order valence-electron chi connectivity index (χ2n) is 5.37. The van der Waals surface area contributed by atoms with E-state index in [9.17, 15) is 9.59 Å². The van der Waals surface area contributed by atoms with Crippen LogP contribution < -0.4 is 11.1 Å². The SMILES string of the molecule is CCCN(CCC)C(=O)CCCC(=O)Nc1ccccc1N.Cl. The predicted octanol–water partition coefficient (Wildman–Crippen LogP) is 3.45. The third kappa shape index (κ3) is 7.88. The van der Waals surface area contributed by atoms with E-state index in [1.807, 2.05) is 17.0 Å². The standard InChI is InChI=1S/C17H27N3O2.ClH/c1-3-12-20(13-4-2)17(22)11-7-10-16(21)19-15-9-6-5-8-14(15)18;/h5-6,8-9H,3-4,7,10-13,18H2,1-2H3,(H,19,21);1H. The number of nitrogen functional groups attached to an aromatic ring is 1. The van der Waals surface area contributed by atoms with Gasteiger partial charge in [-0.2, -0.15) is 0 Å². The third-order valence-electron chi connectivity index (χ3n) is 3.37. The number of carbonyl (C=O) groups excluding carboxylic acids is 2. The van der Waals surface area contributed by atoms with E-state index < -0.39 is 0 Å². The Hall–Kier alpha value is -1.75. The van der Waals surface area contributed by atoms with Crippen molar-refractivity contribution in [1.82, 2.24) is 4.90 Å². The molecule has 0 aliphatic carbocycles. The quantitative estimate of drug-likeness (QED) is 0.675. The Morgan fingerprint density at radius 2 is 1.70 bits per heavy atom. The van der Waals surface area contributed by atoms with E-state index in [-0.39, 0.29) is 24.2 Å². The number of carbonyl (C=O) groups is 2. The molecule has 0 bridgehead atoms. The molecule has 1 aromatic rings. The Balaban J connectivity index is 0.00000484. The molecular formula is C17H28ClN3O2. The van der Waals surface area contributed by atoms with Crippen LogP contribution in [0.5, 0.6) is 0 Å². The van der Waals surface area contributed by atoms with Crippen molar-refractivity contribution in [3.63, 3.8) is 0 Å². The van der Waals surface area contributed by atoms with Crippen molar-refractivity contribution in [2.75, 3.05) is 24.1 Å². The first-order chi connectivity index (χ1) is 10.6. The molecule has 0 saturated heterocycles. The molecule has 1 aromatic carbocycles. The van der Waals surface area contributed by atoms with Crippen LogP contribution in [0.4, 0.5) is 11.4 Å². The highest BCUT2D eigenvalue weighted by molar-refractivity contribution is 5.93. The van der Waals surface area contributed by atoms with E-state index in [0.29, 0.717) is 30.6 Å². The lowest BCUT2D eigenvalue weighted by atomic mass is 10.2. The minimum atomic E-state index is -0.108. The zero-order valence-corrected chi connectivity index (χ0v) is 14.8. The predicted molar refractivity (Wildman–Crippen MR) is 97.7 cm³/mol. The molecule has 0 atom stereocenters. The number of amides is 2. The second kappa shape index (κ2) is 11.8. The number of anilines is 2. The summed E-state index contributed by atoms with van der Waals surface area (Å²) < 4.78 is 0. The van der Waals surface area contributed by atoms with Crippen LogP contribution in [0.3, 0.4) is 0 Å². The number of nitrogens with two attached hydrogens (primary N) is 1. The summed E-state index contributed by atoms with van der Waals surface area (Å²) in [4.78, 5) is 25.8. The van der Waals surface area contributed by atoms with Gasteiger partial charge >= 0.3 is 0 Å². The first-order valence-electron chi connectivity index (χ1n) is 8.00. The molecule has 0 heterocycles. The van der Waals surface area contributed by atoms with E-state index >= 15 is 0 Å². The fourth-order valence-corrected chi connectivity index (χ4v) is 2.28. The molecule has 6 heteroatoms. The van der Waals surface area contributed by atoms with Crippen LogP contribution in [0, 0.1) is 0 Å². The maximum Gasteiger partial charge on any atom is 0.224 e. The van der Waals surface area contributed by atoms with Crippen LogP contribution in [0.2, 0.25) is 0 Å². The minimum Gasteiger partial charge on any atom is -0.397 e. The van der Waals surface area contributed by atoms with E-state index in [2.05, 4.69) is 19.2 Å². The molecule has 0 saturated carbocycles. The highest BCUT2D eigenvalue weighted by atomic mass is 35.5. The molecule has 0 spiro atoms. The van der Waals surface area contributed by atoms with Gasteiger partial charge < -0.3 is 16.0 Å². The average molecular weight is 342 g/mol. The Kier molecular flexibility index (Phi) is 10.9. The zero-order valence-electron chi connectivity index (χ0n) is 14.0. The molecular weight excluding hydrogens is 314 g/mol. The van der Waals surface area contributed by atoms with Crippen molar-refractivity contribution in [2.24, 2.45) is 0 Å². The van der Waals surface area contributed by atoms with Crippen molar-refractivity contribution < 1.29 is 9.59 Å². The van der Waals surface area contributed by atoms with Crippen LogP contribution >= 0.6 is 12.4 Å². The van der Waals surface area contributed by atoms with Gasteiger partial charge in [-0.1, -0.05) is 26.0 Å². The van der Waals surface area contributed by atoms with E-state index in [1.165, 1.54) is 0 Å². The van der Waals surface area contributed by atoms with Crippen molar-refractivity contribution in [3.8, 4) is 0 Å². The van der Waals surface area contributed by atoms with Crippen molar-refractivity contribution in [3.05, 3.63) is 24.3 Å². The van der Waals surface area contributed by atoms with Crippen LogP contribution in [-0.4, -0.2) is 29.8 Å². The summed E-state index contributed by atoms with van der Waals surface area (Å²) in [5, 5.41) is 2.77. The van der Waals surface area contributed by atoms with Crippen LogP contribution in [-0.2, 0) is 9.59 Å². The number of hydrogen-bond acceptors (Lipinski definition) is 3. The van der Waals surface area contributed by atoms with Gasteiger partial charge in [0.05, 0.1) is 11.4 Å². The fraction of sp³-hybridized carbons (Fsp3) is 0.529.